The highest BCUT2D eigenvalue weighted by Gasteiger charge is 2.39. The summed E-state index contributed by atoms with van der Waals surface area (Å²) in [5, 5.41) is 8.57. The Bertz CT molecular complexity index is 484. The molecule has 1 rings (SSSR count). The fraction of sp³-hybridized carbons (Fsp3) is 0.462. The molecule has 3 nitrogen and oxygen atoms in total. The van der Waals surface area contributed by atoms with E-state index < -0.39 is 31.5 Å². The van der Waals surface area contributed by atoms with Crippen molar-refractivity contribution in [3.05, 3.63) is 29.3 Å². The summed E-state index contributed by atoms with van der Waals surface area (Å²) < 4.78 is 32.8. The van der Waals surface area contributed by atoms with Gasteiger partial charge in [0.05, 0.1) is 0 Å². The van der Waals surface area contributed by atoms with E-state index in [2.05, 4.69) is 0 Å². The van der Waals surface area contributed by atoms with Crippen molar-refractivity contribution in [3.63, 3.8) is 0 Å². The Labute approximate surface area is 112 Å². The van der Waals surface area contributed by atoms with Gasteiger partial charge < -0.3 is 9.53 Å². The van der Waals surface area contributed by atoms with Gasteiger partial charge in [0.2, 0.25) is 8.32 Å². The molecule has 0 aliphatic carbocycles. The smallest absolute Gasteiger partial charge is 0.341 e. The first-order valence-electron chi connectivity index (χ1n) is 5.87. The predicted molar refractivity (Wildman–Crippen MR) is 71.1 cm³/mol. The molecular weight excluding hydrogens is 270 g/mol. The number of aromatic carboxylic acids is 1. The quantitative estimate of drug-likeness (QED) is 0.854. The average molecular weight is 288 g/mol. The molecule has 1 N–H and O–H groups in total. The monoisotopic (exact) mass is 288 g/mol. The maximum Gasteiger partial charge on any atom is 0.341 e. The molecule has 0 saturated carbocycles. The molecule has 0 aromatic heterocycles. The summed E-state index contributed by atoms with van der Waals surface area (Å²) in [6.07, 6.45) is 0. The van der Waals surface area contributed by atoms with Crippen molar-refractivity contribution in [1.29, 1.82) is 0 Å². The van der Waals surface area contributed by atoms with E-state index in [1.807, 2.05) is 33.9 Å². The zero-order valence-electron chi connectivity index (χ0n) is 11.7. The Morgan fingerprint density at radius 2 is 1.63 bits per heavy atom. The van der Waals surface area contributed by atoms with Crippen LogP contribution in [0.4, 0.5) is 8.78 Å². The van der Waals surface area contributed by atoms with Gasteiger partial charge >= 0.3 is 5.97 Å². The summed E-state index contributed by atoms with van der Waals surface area (Å²) in [4.78, 5) is 10.7. The van der Waals surface area contributed by atoms with E-state index in [0.717, 1.165) is 12.1 Å². The van der Waals surface area contributed by atoms with E-state index in [0.29, 0.717) is 0 Å². The van der Waals surface area contributed by atoms with Gasteiger partial charge in [-0.3, -0.25) is 0 Å². The van der Waals surface area contributed by atoms with Crippen LogP contribution in [0.15, 0.2) is 12.1 Å². The fourth-order valence-electron chi connectivity index (χ4n) is 1.26. The zero-order valence-corrected chi connectivity index (χ0v) is 12.7. The molecule has 0 heterocycles. The summed E-state index contributed by atoms with van der Waals surface area (Å²) in [5.74, 6) is -3.84. The molecule has 0 fully saturated rings. The van der Waals surface area contributed by atoms with Crippen LogP contribution in [0.5, 0.6) is 5.75 Å². The number of hydrogen-bond acceptors (Lipinski definition) is 2. The topological polar surface area (TPSA) is 46.5 Å². The van der Waals surface area contributed by atoms with Crippen molar-refractivity contribution in [2.45, 2.75) is 38.9 Å². The summed E-state index contributed by atoms with van der Waals surface area (Å²) in [5.41, 5.74) is -0.956. The van der Waals surface area contributed by atoms with Crippen molar-refractivity contribution < 1.29 is 23.1 Å². The van der Waals surface area contributed by atoms with Crippen LogP contribution in [0.2, 0.25) is 18.1 Å². The van der Waals surface area contributed by atoms with E-state index in [9.17, 15) is 13.6 Å². The highest BCUT2D eigenvalue weighted by Crippen LogP contribution is 2.37. The summed E-state index contributed by atoms with van der Waals surface area (Å²) >= 11 is 0. The standard InChI is InChI=1S/C13H18F2O3Si/c1-13(2,3)19(4,5)18-8-6-9(14)11(12(16)17)10(15)7-8/h6-7H,1-5H3,(H,16,17). The highest BCUT2D eigenvalue weighted by atomic mass is 28.4. The molecule has 1 aromatic rings. The van der Waals surface area contributed by atoms with Gasteiger partial charge in [-0.25, -0.2) is 13.6 Å². The van der Waals surface area contributed by atoms with E-state index in [1.54, 1.807) is 0 Å². The van der Waals surface area contributed by atoms with Gasteiger partial charge in [-0.15, -0.1) is 0 Å². The second-order valence-corrected chi connectivity index (χ2v) is 10.7. The molecule has 0 aliphatic heterocycles. The highest BCUT2D eigenvalue weighted by molar-refractivity contribution is 6.74. The molecule has 0 atom stereocenters. The van der Waals surface area contributed by atoms with E-state index in [-0.39, 0.29) is 10.8 Å². The predicted octanol–water partition coefficient (Wildman–Crippen LogP) is 4.05. The van der Waals surface area contributed by atoms with E-state index in [1.165, 1.54) is 0 Å². The number of halogens is 2. The minimum absolute atomic E-state index is 0.0339. The molecule has 6 heteroatoms. The van der Waals surface area contributed by atoms with Crippen LogP contribution in [0.1, 0.15) is 31.1 Å². The first-order chi connectivity index (χ1) is 8.45. The Morgan fingerprint density at radius 1 is 1.21 bits per heavy atom. The second-order valence-electron chi connectivity index (χ2n) is 5.93. The molecule has 0 bridgehead atoms. The summed E-state index contributed by atoms with van der Waals surface area (Å²) in [7, 11) is -2.22. The normalized spacial score (nSPS) is 12.4. The lowest BCUT2D eigenvalue weighted by atomic mass is 10.2. The molecule has 0 amide bonds. The summed E-state index contributed by atoms with van der Waals surface area (Å²) in [6, 6.07) is 1.85. The van der Waals surface area contributed by atoms with Crippen LogP contribution in [0.3, 0.4) is 0 Å². The molecule has 0 aliphatic rings. The van der Waals surface area contributed by atoms with Crippen LogP contribution in [0.25, 0.3) is 0 Å². The number of benzene rings is 1. The Kier molecular flexibility index (Phi) is 4.05. The van der Waals surface area contributed by atoms with Crippen LogP contribution >= 0.6 is 0 Å². The second kappa shape index (κ2) is 4.92. The van der Waals surface area contributed by atoms with Gasteiger partial charge in [0.15, 0.2) is 0 Å². The third-order valence-electron chi connectivity index (χ3n) is 3.41. The maximum atomic E-state index is 13.5. The van der Waals surface area contributed by atoms with Gasteiger partial charge in [0.25, 0.3) is 0 Å². The van der Waals surface area contributed by atoms with Crippen molar-refractivity contribution in [2.75, 3.05) is 0 Å². The zero-order chi connectivity index (χ0) is 15.0. The number of hydrogen-bond donors (Lipinski definition) is 1. The van der Waals surface area contributed by atoms with Gasteiger partial charge in [0.1, 0.15) is 22.9 Å². The van der Waals surface area contributed by atoms with Crippen LogP contribution in [-0.2, 0) is 0 Å². The lowest BCUT2D eigenvalue weighted by Crippen LogP contribution is -2.43. The molecule has 106 valence electrons. The average Bonchev–Trinajstić information content (AvgIpc) is 2.12. The molecule has 0 saturated heterocycles. The van der Waals surface area contributed by atoms with Gasteiger partial charge in [0, 0.05) is 12.1 Å². The number of carboxylic acids is 1. The lowest BCUT2D eigenvalue weighted by Gasteiger charge is -2.36. The van der Waals surface area contributed by atoms with Crippen LogP contribution in [-0.4, -0.2) is 19.4 Å². The minimum atomic E-state index is -2.22. The first kappa shape index (κ1) is 15.6. The van der Waals surface area contributed by atoms with E-state index in [4.69, 9.17) is 9.53 Å². The molecule has 19 heavy (non-hydrogen) atoms. The largest absolute Gasteiger partial charge is 0.543 e. The lowest BCUT2D eigenvalue weighted by molar-refractivity contribution is 0.0686. The molecule has 0 unspecified atom stereocenters. The fourth-order valence-corrected chi connectivity index (χ4v) is 2.27. The van der Waals surface area contributed by atoms with Crippen molar-refractivity contribution >= 4 is 14.3 Å². The van der Waals surface area contributed by atoms with Crippen LogP contribution < -0.4 is 4.43 Å². The number of carboxylic acid groups (broad SMARTS) is 1. The van der Waals surface area contributed by atoms with Crippen molar-refractivity contribution in [3.8, 4) is 5.75 Å². The van der Waals surface area contributed by atoms with E-state index >= 15 is 0 Å². The molecule has 0 spiro atoms. The van der Waals surface area contributed by atoms with Gasteiger partial charge in [-0.05, 0) is 18.1 Å². The van der Waals surface area contributed by atoms with Gasteiger partial charge in [-0.2, -0.15) is 0 Å². The Morgan fingerprint density at radius 3 is 1.95 bits per heavy atom. The molecule has 1 aromatic carbocycles. The third kappa shape index (κ3) is 3.31. The molecule has 0 radical (unpaired) electrons. The number of carbonyl (C=O) groups is 1. The third-order valence-corrected chi connectivity index (χ3v) is 7.77. The SMILES string of the molecule is CC(C)(C)[Si](C)(C)Oc1cc(F)c(C(=O)O)c(F)c1. The number of rotatable bonds is 3. The summed E-state index contributed by atoms with van der Waals surface area (Å²) in [6.45, 7) is 9.87. The minimum Gasteiger partial charge on any atom is -0.543 e. The Hall–Kier alpha value is -1.43. The maximum absolute atomic E-state index is 13.5. The molecular formula is C13H18F2O3Si. The first-order valence-corrected chi connectivity index (χ1v) is 8.78. The Balaban J connectivity index is 3.16. The van der Waals surface area contributed by atoms with Crippen molar-refractivity contribution in [2.24, 2.45) is 0 Å². The van der Waals surface area contributed by atoms with Crippen molar-refractivity contribution in [1.82, 2.24) is 0 Å². The van der Waals surface area contributed by atoms with Gasteiger partial charge in [-0.1, -0.05) is 20.8 Å². The van der Waals surface area contributed by atoms with Crippen LogP contribution in [0, 0.1) is 11.6 Å².